The topological polar surface area (TPSA) is 63.6 Å². The van der Waals surface area contributed by atoms with Crippen LogP contribution in [0.2, 0.25) is 0 Å². The molecule has 3 fully saturated rings. The Morgan fingerprint density at radius 1 is 1.34 bits per heavy atom. The van der Waals surface area contributed by atoms with Crippen LogP contribution in [-0.2, 0) is 14.3 Å². The number of hydrogen-bond acceptors (Lipinski definition) is 4. The Hall–Kier alpha value is -1.56. The summed E-state index contributed by atoms with van der Waals surface area (Å²) in [7, 11) is 0. The summed E-state index contributed by atoms with van der Waals surface area (Å²) < 4.78 is 35.3. The van der Waals surface area contributed by atoms with Crippen LogP contribution in [0.5, 0.6) is 0 Å². The van der Waals surface area contributed by atoms with Gasteiger partial charge >= 0.3 is 5.97 Å². The van der Waals surface area contributed by atoms with Gasteiger partial charge in [-0.1, -0.05) is 26.3 Å². The van der Waals surface area contributed by atoms with Crippen LogP contribution in [0, 0.1) is 34.5 Å². The zero-order valence-corrected chi connectivity index (χ0v) is 17.5. The Kier molecular flexibility index (Phi) is 4.80. The number of carbonyl (C=O) groups excluding carboxylic acids is 2. The third kappa shape index (κ3) is 2.70. The molecular formula is C23H30F2O4. The van der Waals surface area contributed by atoms with Crippen molar-refractivity contribution in [3.63, 3.8) is 0 Å². The lowest BCUT2D eigenvalue weighted by atomic mass is 9.47. The Labute approximate surface area is 170 Å². The minimum atomic E-state index is -1.33. The van der Waals surface area contributed by atoms with Gasteiger partial charge in [0.2, 0.25) is 11.6 Å². The highest BCUT2D eigenvalue weighted by molar-refractivity contribution is 6.04. The van der Waals surface area contributed by atoms with Gasteiger partial charge in [0.15, 0.2) is 0 Å². The highest BCUT2D eigenvalue weighted by atomic mass is 19.2. The van der Waals surface area contributed by atoms with E-state index in [4.69, 9.17) is 4.74 Å². The lowest BCUT2D eigenvalue weighted by Gasteiger charge is -2.58. The quantitative estimate of drug-likeness (QED) is 0.687. The van der Waals surface area contributed by atoms with E-state index in [0.717, 1.165) is 6.42 Å². The molecule has 160 valence electrons. The van der Waals surface area contributed by atoms with E-state index in [2.05, 4.69) is 13.8 Å². The zero-order chi connectivity index (χ0) is 21.3. The molecule has 1 N–H and O–H groups in total. The van der Waals surface area contributed by atoms with E-state index in [1.54, 1.807) is 13.8 Å². The van der Waals surface area contributed by atoms with Gasteiger partial charge in [0.1, 0.15) is 11.9 Å². The van der Waals surface area contributed by atoms with Crippen molar-refractivity contribution in [3.8, 4) is 0 Å². The molecule has 4 aliphatic rings. The Bertz CT molecular complexity index is 818. The monoisotopic (exact) mass is 408 g/mol. The first-order valence-corrected chi connectivity index (χ1v) is 10.7. The van der Waals surface area contributed by atoms with Crippen LogP contribution in [-0.4, -0.2) is 29.1 Å². The number of rotatable bonds is 2. The second kappa shape index (κ2) is 6.73. The number of hydrogen-bond donors (Lipinski definition) is 1. The van der Waals surface area contributed by atoms with Gasteiger partial charge in [0.25, 0.3) is 0 Å². The van der Waals surface area contributed by atoms with E-state index >= 15 is 4.39 Å². The van der Waals surface area contributed by atoms with Crippen molar-refractivity contribution in [2.75, 3.05) is 0 Å². The summed E-state index contributed by atoms with van der Waals surface area (Å²) >= 11 is 0. The molecule has 0 bridgehead atoms. The van der Waals surface area contributed by atoms with Crippen molar-refractivity contribution in [2.24, 2.45) is 34.5 Å². The maximum absolute atomic E-state index is 15.2. The third-order valence-corrected chi connectivity index (χ3v) is 8.48. The van der Waals surface area contributed by atoms with Gasteiger partial charge in [0.05, 0.1) is 6.10 Å². The first kappa shape index (κ1) is 20.7. The molecule has 0 aromatic rings. The van der Waals surface area contributed by atoms with Crippen LogP contribution in [0.25, 0.3) is 0 Å². The average molecular weight is 408 g/mol. The van der Waals surface area contributed by atoms with Gasteiger partial charge < -0.3 is 9.84 Å². The molecular weight excluding hydrogens is 378 g/mol. The molecule has 4 rings (SSSR count). The summed E-state index contributed by atoms with van der Waals surface area (Å²) in [5.74, 6) is -3.75. The smallest absolute Gasteiger partial charge is 0.305 e. The lowest BCUT2D eigenvalue weighted by Crippen LogP contribution is -2.57. The van der Waals surface area contributed by atoms with Crippen molar-refractivity contribution < 1.29 is 28.2 Å². The molecule has 4 nitrogen and oxygen atoms in total. The molecule has 0 aromatic carbocycles. The van der Waals surface area contributed by atoms with Crippen LogP contribution in [0.3, 0.4) is 0 Å². The Morgan fingerprint density at radius 3 is 2.69 bits per heavy atom. The van der Waals surface area contributed by atoms with Crippen LogP contribution >= 0.6 is 0 Å². The van der Waals surface area contributed by atoms with Crippen LogP contribution in [0.15, 0.2) is 23.3 Å². The summed E-state index contributed by atoms with van der Waals surface area (Å²) in [5, 5.41) is 11.2. The lowest BCUT2D eigenvalue weighted by molar-refractivity contribution is -0.171. The summed E-state index contributed by atoms with van der Waals surface area (Å²) in [6, 6.07) is 0. The van der Waals surface area contributed by atoms with E-state index in [-0.39, 0.29) is 29.8 Å². The molecule has 0 aromatic heterocycles. The number of ether oxygens (including phenoxy) is 1. The second-order valence-electron chi connectivity index (χ2n) is 9.95. The van der Waals surface area contributed by atoms with E-state index in [1.807, 2.05) is 0 Å². The maximum Gasteiger partial charge on any atom is 0.305 e. The van der Waals surface area contributed by atoms with E-state index in [9.17, 15) is 19.1 Å². The van der Waals surface area contributed by atoms with E-state index < -0.39 is 40.3 Å². The molecule has 0 heterocycles. The molecule has 0 spiro atoms. The standard InChI is InChI=1S/C23H30F2O4/c1-5-17(28)29-21-11(2)8-14-13-7-6-12-9-15(26)19(24)20(25)23(12,4)18(13)16(27)10-22(14,21)3/h9,11,13-14,16,18,21,27H,5-8,10H2,1-4H3/t11-,13+,14+,16+,18-,21+,22+,23+/m1/s1. The molecule has 29 heavy (non-hydrogen) atoms. The van der Waals surface area contributed by atoms with Gasteiger partial charge in [-0.15, -0.1) is 0 Å². The highest BCUT2D eigenvalue weighted by Crippen LogP contribution is 2.67. The van der Waals surface area contributed by atoms with E-state index in [1.165, 1.54) is 6.08 Å². The van der Waals surface area contributed by atoms with Gasteiger partial charge in [-0.25, -0.2) is 4.39 Å². The number of esters is 1. The number of fused-ring (bicyclic) bond motifs is 5. The zero-order valence-electron chi connectivity index (χ0n) is 17.5. The largest absolute Gasteiger partial charge is 0.461 e. The number of ketones is 1. The predicted octanol–water partition coefficient (Wildman–Crippen LogP) is 4.43. The van der Waals surface area contributed by atoms with Crippen molar-refractivity contribution in [1.29, 1.82) is 0 Å². The summed E-state index contributed by atoms with van der Waals surface area (Å²) in [4.78, 5) is 23.9. The van der Waals surface area contributed by atoms with Crippen LogP contribution < -0.4 is 0 Å². The fraction of sp³-hybridized carbons (Fsp3) is 0.739. The number of aliphatic hydroxyl groups excluding tert-OH is 1. The minimum Gasteiger partial charge on any atom is -0.461 e. The molecule has 8 atom stereocenters. The molecule has 0 unspecified atom stereocenters. The molecule has 0 saturated heterocycles. The van der Waals surface area contributed by atoms with Gasteiger partial charge in [0, 0.05) is 23.2 Å². The molecule has 0 amide bonds. The van der Waals surface area contributed by atoms with Gasteiger partial charge in [-0.2, -0.15) is 4.39 Å². The van der Waals surface area contributed by atoms with Crippen LogP contribution in [0.1, 0.15) is 59.8 Å². The fourth-order valence-electron chi connectivity index (χ4n) is 7.23. The van der Waals surface area contributed by atoms with Crippen LogP contribution in [0.4, 0.5) is 8.78 Å². The van der Waals surface area contributed by atoms with Crippen molar-refractivity contribution in [2.45, 2.75) is 72.0 Å². The number of halogens is 2. The third-order valence-electron chi connectivity index (χ3n) is 8.48. The van der Waals surface area contributed by atoms with Crippen molar-refractivity contribution >= 4 is 11.8 Å². The predicted molar refractivity (Wildman–Crippen MR) is 103 cm³/mol. The summed E-state index contributed by atoms with van der Waals surface area (Å²) in [5.41, 5.74) is -1.10. The first-order chi connectivity index (χ1) is 13.6. The fourth-order valence-corrected chi connectivity index (χ4v) is 7.23. The minimum absolute atomic E-state index is 0.0227. The summed E-state index contributed by atoms with van der Waals surface area (Å²) in [6.07, 6.45) is 2.81. The number of aliphatic hydroxyl groups is 1. The van der Waals surface area contributed by atoms with E-state index in [0.29, 0.717) is 31.3 Å². The number of allylic oxidation sites excluding steroid dienone is 4. The molecule has 3 saturated carbocycles. The normalized spacial score (nSPS) is 46.6. The van der Waals surface area contributed by atoms with Gasteiger partial charge in [-0.05, 0) is 56.4 Å². The number of carbonyl (C=O) groups is 2. The SMILES string of the molecule is CCC(=O)O[C@H]1[C@H](C)C[C@H]2[C@@H]3CCC4=CC(=O)C(F)=C(F)[C@]4(C)[C@H]3[C@@H](O)C[C@@]21C. The first-order valence-electron chi connectivity index (χ1n) is 10.7. The maximum atomic E-state index is 15.2. The average Bonchev–Trinajstić information content (AvgIpc) is 2.91. The molecule has 0 aliphatic heterocycles. The Morgan fingerprint density at radius 2 is 2.03 bits per heavy atom. The molecule has 4 aliphatic carbocycles. The highest BCUT2D eigenvalue weighted by Gasteiger charge is 2.66. The van der Waals surface area contributed by atoms with Crippen molar-refractivity contribution in [3.05, 3.63) is 23.3 Å². The van der Waals surface area contributed by atoms with Crippen molar-refractivity contribution in [1.82, 2.24) is 0 Å². The molecule has 0 radical (unpaired) electrons. The second-order valence-corrected chi connectivity index (χ2v) is 9.95. The Balaban J connectivity index is 1.74. The summed E-state index contributed by atoms with van der Waals surface area (Å²) in [6.45, 7) is 7.53. The molecule has 6 heteroatoms. The van der Waals surface area contributed by atoms with Gasteiger partial charge in [-0.3, -0.25) is 9.59 Å².